The number of allylic oxidation sites excluding steroid dienone is 15. The number of quaternary nitrogens is 1. The van der Waals surface area contributed by atoms with Crippen molar-refractivity contribution in [2.75, 3.05) is 47.5 Å². The minimum atomic E-state index is -4.67. The number of phosphoric acid groups is 1. The van der Waals surface area contributed by atoms with Crippen LogP contribution in [0.4, 0.5) is 0 Å². The van der Waals surface area contributed by atoms with Crippen LogP contribution in [0.5, 0.6) is 0 Å². The minimum Gasteiger partial charge on any atom is -0.756 e. The van der Waals surface area contributed by atoms with E-state index in [9.17, 15) is 19.0 Å². The van der Waals surface area contributed by atoms with Crippen LogP contribution in [0.25, 0.3) is 0 Å². The van der Waals surface area contributed by atoms with E-state index in [1.807, 2.05) is 45.4 Å². The first kappa shape index (κ1) is 54.9. The second-order valence-corrected chi connectivity index (χ2v) is 16.8. The Bertz CT molecular complexity index is 1300. The molecule has 0 aliphatic heterocycles. The summed E-state index contributed by atoms with van der Waals surface area (Å²) in [5, 5.41) is 0. The van der Waals surface area contributed by atoms with Crippen LogP contribution in [0, 0.1) is 0 Å². The van der Waals surface area contributed by atoms with Crippen LogP contribution in [0.2, 0.25) is 0 Å². The number of hydrogen-bond acceptors (Lipinski definition) is 8. The number of ether oxygens (including phenoxy) is 2. The molecule has 0 aliphatic rings. The van der Waals surface area contributed by atoms with E-state index < -0.39 is 32.5 Å². The number of carbonyl (C=O) groups excluding carboxylic acids is 2. The molecule has 0 aromatic rings. The molecule has 0 N–H and O–H groups in total. The number of carbonyl (C=O) groups is 2. The first-order valence-electron chi connectivity index (χ1n) is 22.0. The molecule has 0 saturated carbocycles. The molecule has 0 radical (unpaired) electrons. The number of esters is 2. The molecule has 0 saturated heterocycles. The highest BCUT2D eigenvalue weighted by Gasteiger charge is 2.21. The standard InChI is InChI=1S/C48H80NO8P/c1-6-8-10-12-14-16-18-20-22-23-24-25-27-29-31-33-35-37-39-41-48(51)57-46(45-56-58(52,53)55-43-42-49(3,4)5)44-54-47(50)40-38-36-34-32-30-28-26-21-19-17-15-13-11-9-7-2/h8,10,14,16,20,22,24-25,29,31,34-38,40,46H,6-7,9,11-13,15,17-19,21,23,26-28,30,32-33,39,41-45H2,1-5H3/b10-8+,16-14+,22-20+,25-24+,31-29+,36-34+,37-35+,40-38+/t46-/m1/s1. The largest absolute Gasteiger partial charge is 0.756 e. The fourth-order valence-corrected chi connectivity index (χ4v) is 6.03. The van der Waals surface area contributed by atoms with Gasteiger partial charge in [-0.1, -0.05) is 169 Å². The maximum absolute atomic E-state index is 12.6. The summed E-state index contributed by atoms with van der Waals surface area (Å²) in [5.74, 6) is -1.19. The van der Waals surface area contributed by atoms with Crippen LogP contribution in [-0.2, 0) is 32.7 Å². The number of likely N-dealkylation sites (N-methyl/N-ethyl adjacent to an activating group) is 1. The molecular formula is C48H80NO8P. The van der Waals surface area contributed by atoms with Crippen LogP contribution in [0.3, 0.4) is 0 Å². The van der Waals surface area contributed by atoms with Gasteiger partial charge in [-0.25, -0.2) is 4.79 Å². The van der Waals surface area contributed by atoms with Gasteiger partial charge in [0.2, 0.25) is 0 Å². The van der Waals surface area contributed by atoms with Gasteiger partial charge in [0.1, 0.15) is 19.8 Å². The maximum Gasteiger partial charge on any atom is 0.330 e. The summed E-state index contributed by atoms with van der Waals surface area (Å²) in [6.45, 7) is 3.87. The quantitative estimate of drug-likeness (QED) is 0.0115. The highest BCUT2D eigenvalue weighted by atomic mass is 31.2. The molecule has 1 unspecified atom stereocenters. The highest BCUT2D eigenvalue weighted by Crippen LogP contribution is 2.38. The molecule has 330 valence electrons. The van der Waals surface area contributed by atoms with Crippen molar-refractivity contribution < 1.29 is 42.1 Å². The zero-order valence-corrected chi connectivity index (χ0v) is 37.8. The van der Waals surface area contributed by atoms with Crippen molar-refractivity contribution in [1.82, 2.24) is 0 Å². The highest BCUT2D eigenvalue weighted by molar-refractivity contribution is 7.45. The molecule has 0 aromatic carbocycles. The van der Waals surface area contributed by atoms with Gasteiger partial charge >= 0.3 is 11.9 Å². The molecule has 0 rings (SSSR count). The van der Waals surface area contributed by atoms with Gasteiger partial charge in [0.05, 0.1) is 27.7 Å². The SMILES string of the molecule is CC/C=C/C/C=C/C/C=C/C/C=C/C/C=C/C/C=C/CCC(=O)O[C@H](COC(=O)/C=C/C=C/CCCCCCCCCCCCC)COP(=O)([O-])OCC[N+](C)(C)C. The van der Waals surface area contributed by atoms with Crippen molar-refractivity contribution in [3.05, 3.63) is 97.2 Å². The first-order chi connectivity index (χ1) is 28.0. The van der Waals surface area contributed by atoms with Crippen LogP contribution >= 0.6 is 7.82 Å². The predicted molar refractivity (Wildman–Crippen MR) is 240 cm³/mol. The van der Waals surface area contributed by atoms with Crippen molar-refractivity contribution >= 4 is 19.8 Å². The normalized spacial score (nSPS) is 14.5. The Balaban J connectivity index is 4.61. The van der Waals surface area contributed by atoms with Crippen LogP contribution in [0.1, 0.15) is 142 Å². The third kappa shape index (κ3) is 42.5. The lowest BCUT2D eigenvalue weighted by molar-refractivity contribution is -0.870. The second kappa shape index (κ2) is 39.4. The third-order valence-corrected chi connectivity index (χ3v) is 9.67. The molecule has 9 nitrogen and oxygen atoms in total. The van der Waals surface area contributed by atoms with Gasteiger partial charge < -0.3 is 27.9 Å². The lowest BCUT2D eigenvalue weighted by Gasteiger charge is -2.28. The molecule has 58 heavy (non-hydrogen) atoms. The molecule has 2 atom stereocenters. The number of unbranched alkanes of at least 4 members (excludes halogenated alkanes) is 11. The third-order valence-electron chi connectivity index (χ3n) is 8.71. The lowest BCUT2D eigenvalue weighted by atomic mass is 10.1. The lowest BCUT2D eigenvalue weighted by Crippen LogP contribution is -2.37. The number of hydrogen-bond donors (Lipinski definition) is 0. The minimum absolute atomic E-state index is 0.0623. The van der Waals surface area contributed by atoms with Crippen LogP contribution in [0.15, 0.2) is 97.2 Å². The van der Waals surface area contributed by atoms with E-state index >= 15 is 0 Å². The number of phosphoric ester groups is 1. The number of rotatable bonds is 38. The van der Waals surface area contributed by atoms with Gasteiger partial charge in [-0.2, -0.15) is 0 Å². The summed E-state index contributed by atoms with van der Waals surface area (Å²) >= 11 is 0. The Kier molecular flexibility index (Phi) is 37.3. The van der Waals surface area contributed by atoms with Gasteiger partial charge in [-0.15, -0.1) is 0 Å². The van der Waals surface area contributed by atoms with E-state index in [0.717, 1.165) is 51.4 Å². The molecule has 10 heteroatoms. The topological polar surface area (TPSA) is 111 Å². The Morgan fingerprint density at radius 1 is 0.603 bits per heavy atom. The van der Waals surface area contributed by atoms with Crippen molar-refractivity contribution in [3.63, 3.8) is 0 Å². The van der Waals surface area contributed by atoms with E-state index in [2.05, 4.69) is 74.6 Å². The average molecular weight is 830 g/mol. The van der Waals surface area contributed by atoms with Gasteiger partial charge in [-0.05, 0) is 57.8 Å². The molecule has 0 bridgehead atoms. The van der Waals surface area contributed by atoms with Crippen molar-refractivity contribution in [1.29, 1.82) is 0 Å². The summed E-state index contributed by atoms with van der Waals surface area (Å²) in [6, 6.07) is 0. The summed E-state index contributed by atoms with van der Waals surface area (Å²) < 4.78 is 33.6. The average Bonchev–Trinajstić information content (AvgIpc) is 3.17. The smallest absolute Gasteiger partial charge is 0.330 e. The molecule has 0 fully saturated rings. The Morgan fingerprint density at radius 2 is 1.10 bits per heavy atom. The second-order valence-electron chi connectivity index (χ2n) is 15.4. The fraction of sp³-hybridized carbons (Fsp3) is 0.625. The summed E-state index contributed by atoms with van der Waals surface area (Å²) in [7, 11) is 1.06. The van der Waals surface area contributed by atoms with Gasteiger partial charge in [-0.3, -0.25) is 9.36 Å². The summed E-state index contributed by atoms with van der Waals surface area (Å²) in [5.41, 5.74) is 0. The van der Waals surface area contributed by atoms with E-state index in [0.29, 0.717) is 17.4 Å². The first-order valence-corrected chi connectivity index (χ1v) is 23.4. The van der Waals surface area contributed by atoms with Gasteiger partial charge in [0.15, 0.2) is 6.10 Å². The Labute approximate surface area is 353 Å². The van der Waals surface area contributed by atoms with E-state index in [4.69, 9.17) is 18.5 Å². The van der Waals surface area contributed by atoms with Crippen molar-refractivity contribution in [2.45, 2.75) is 148 Å². The van der Waals surface area contributed by atoms with E-state index in [-0.39, 0.29) is 19.6 Å². The predicted octanol–water partition coefficient (Wildman–Crippen LogP) is 11.9. The molecule has 0 heterocycles. The fourth-order valence-electron chi connectivity index (χ4n) is 5.30. The molecular weight excluding hydrogens is 750 g/mol. The van der Waals surface area contributed by atoms with E-state index in [1.54, 1.807) is 6.08 Å². The van der Waals surface area contributed by atoms with Gasteiger partial charge in [0, 0.05) is 12.5 Å². The van der Waals surface area contributed by atoms with Crippen LogP contribution < -0.4 is 4.89 Å². The van der Waals surface area contributed by atoms with Gasteiger partial charge in [0.25, 0.3) is 7.82 Å². The summed E-state index contributed by atoms with van der Waals surface area (Å²) in [6.07, 6.45) is 52.3. The Hall–Kier alpha value is -3.07. The zero-order valence-electron chi connectivity index (χ0n) is 36.9. The Morgan fingerprint density at radius 3 is 1.62 bits per heavy atom. The monoisotopic (exact) mass is 830 g/mol. The van der Waals surface area contributed by atoms with E-state index in [1.165, 1.54) is 70.3 Å². The molecule has 0 spiro atoms. The molecule has 0 aliphatic carbocycles. The van der Waals surface area contributed by atoms with Crippen molar-refractivity contribution in [3.8, 4) is 0 Å². The van der Waals surface area contributed by atoms with Crippen LogP contribution in [-0.4, -0.2) is 70.0 Å². The molecule has 0 amide bonds. The number of nitrogens with zero attached hydrogens (tertiary/aromatic N) is 1. The maximum atomic E-state index is 12.6. The zero-order chi connectivity index (χ0) is 42.8. The molecule has 0 aromatic heterocycles. The van der Waals surface area contributed by atoms with Crippen molar-refractivity contribution in [2.24, 2.45) is 0 Å². The summed E-state index contributed by atoms with van der Waals surface area (Å²) in [4.78, 5) is 37.4.